The molecule has 0 unspecified atom stereocenters. The third-order valence-electron chi connectivity index (χ3n) is 3.64. The molecule has 2 atom stereocenters. The third kappa shape index (κ3) is 9.18. The Hall–Kier alpha value is -2.97. The smallest absolute Gasteiger partial charge is 0.328 e. The molecule has 0 aliphatic rings. The molecule has 0 fully saturated rings. The molecule has 9 heteroatoms. The van der Waals surface area contributed by atoms with Crippen LogP contribution in [-0.2, 0) is 35.1 Å². The second-order valence-corrected chi connectivity index (χ2v) is 7.46. The zero-order valence-corrected chi connectivity index (χ0v) is 17.2. The van der Waals surface area contributed by atoms with Crippen LogP contribution in [0.4, 0.5) is 4.39 Å². The predicted octanol–water partition coefficient (Wildman–Crippen LogP) is 1.26. The maximum absolute atomic E-state index is 13.1. The molecule has 0 aromatic heterocycles. The van der Waals surface area contributed by atoms with E-state index >= 15 is 0 Å². The van der Waals surface area contributed by atoms with Crippen LogP contribution in [0.25, 0.3) is 0 Å². The van der Waals surface area contributed by atoms with Gasteiger partial charge in [0.1, 0.15) is 23.5 Å². The molecule has 29 heavy (non-hydrogen) atoms. The van der Waals surface area contributed by atoms with Gasteiger partial charge in [0, 0.05) is 13.3 Å². The summed E-state index contributed by atoms with van der Waals surface area (Å²) in [6.07, 6.45) is -0.370. The van der Waals surface area contributed by atoms with Crippen molar-refractivity contribution in [1.29, 1.82) is 0 Å². The number of rotatable bonds is 8. The molecule has 2 amide bonds. The van der Waals surface area contributed by atoms with Gasteiger partial charge in [-0.2, -0.15) is 0 Å². The van der Waals surface area contributed by atoms with E-state index in [-0.39, 0.29) is 6.42 Å². The van der Waals surface area contributed by atoms with Crippen LogP contribution in [0.5, 0.6) is 0 Å². The van der Waals surface area contributed by atoms with E-state index in [2.05, 4.69) is 15.4 Å². The number of ether oxygens (including phenoxy) is 2. The van der Waals surface area contributed by atoms with Gasteiger partial charge in [-0.05, 0) is 38.5 Å². The third-order valence-corrected chi connectivity index (χ3v) is 3.64. The summed E-state index contributed by atoms with van der Waals surface area (Å²) in [5.74, 6) is -3.11. The van der Waals surface area contributed by atoms with Crippen molar-refractivity contribution in [2.45, 2.75) is 58.2 Å². The van der Waals surface area contributed by atoms with Gasteiger partial charge >= 0.3 is 11.9 Å². The second-order valence-electron chi connectivity index (χ2n) is 7.46. The highest BCUT2D eigenvalue weighted by molar-refractivity contribution is 5.92. The number of amides is 2. The molecule has 160 valence electrons. The van der Waals surface area contributed by atoms with Crippen LogP contribution in [0.2, 0.25) is 0 Å². The van der Waals surface area contributed by atoms with Gasteiger partial charge in [0.15, 0.2) is 0 Å². The lowest BCUT2D eigenvalue weighted by Gasteiger charge is -2.24. The Morgan fingerprint density at radius 3 is 2.10 bits per heavy atom. The molecule has 0 aliphatic carbocycles. The molecular formula is C20H27FN2O6. The van der Waals surface area contributed by atoms with Crippen molar-refractivity contribution in [3.63, 3.8) is 0 Å². The van der Waals surface area contributed by atoms with E-state index < -0.39 is 53.7 Å². The van der Waals surface area contributed by atoms with Crippen molar-refractivity contribution in [1.82, 2.24) is 10.6 Å². The summed E-state index contributed by atoms with van der Waals surface area (Å²) in [6.45, 7) is 6.26. The fraction of sp³-hybridized carbons (Fsp3) is 0.500. The van der Waals surface area contributed by atoms with Crippen molar-refractivity contribution in [3.8, 4) is 0 Å². The first-order chi connectivity index (χ1) is 13.4. The highest BCUT2D eigenvalue weighted by atomic mass is 19.1. The average Bonchev–Trinajstić information content (AvgIpc) is 2.59. The topological polar surface area (TPSA) is 111 Å². The van der Waals surface area contributed by atoms with Crippen molar-refractivity contribution in [2.24, 2.45) is 0 Å². The number of methoxy groups -OCH3 is 1. The molecule has 0 bridgehead atoms. The van der Waals surface area contributed by atoms with Crippen molar-refractivity contribution in [3.05, 3.63) is 35.6 Å². The Kier molecular flexibility index (Phi) is 8.75. The summed E-state index contributed by atoms with van der Waals surface area (Å²) in [4.78, 5) is 48.3. The number of halogens is 1. The molecule has 0 spiro atoms. The first-order valence-corrected chi connectivity index (χ1v) is 9.03. The molecule has 0 heterocycles. The van der Waals surface area contributed by atoms with E-state index in [4.69, 9.17) is 4.74 Å². The summed E-state index contributed by atoms with van der Waals surface area (Å²) in [6, 6.07) is 3.11. The number of carbonyl (C=O) groups is 4. The Balaban J connectivity index is 2.92. The normalized spacial score (nSPS) is 13.0. The van der Waals surface area contributed by atoms with E-state index in [0.29, 0.717) is 5.56 Å². The lowest BCUT2D eigenvalue weighted by Crippen LogP contribution is -2.53. The maximum atomic E-state index is 13.1. The Bertz CT molecular complexity index is 742. The Morgan fingerprint density at radius 2 is 1.62 bits per heavy atom. The van der Waals surface area contributed by atoms with Crippen LogP contribution in [-0.4, -0.2) is 48.5 Å². The summed E-state index contributed by atoms with van der Waals surface area (Å²) in [7, 11) is 1.13. The maximum Gasteiger partial charge on any atom is 0.328 e. The highest BCUT2D eigenvalue weighted by Gasteiger charge is 2.30. The zero-order valence-electron chi connectivity index (χ0n) is 17.2. The van der Waals surface area contributed by atoms with E-state index in [1.54, 1.807) is 20.8 Å². The summed E-state index contributed by atoms with van der Waals surface area (Å²) in [5, 5.41) is 4.90. The van der Waals surface area contributed by atoms with Crippen LogP contribution in [0.15, 0.2) is 24.3 Å². The van der Waals surface area contributed by atoms with Crippen LogP contribution >= 0.6 is 0 Å². The van der Waals surface area contributed by atoms with Gasteiger partial charge in [0.2, 0.25) is 11.8 Å². The SMILES string of the molecule is COC(=O)[C@H](CC(=O)OC(C)(C)C)NC(=O)[C@@H](Cc1ccc(F)cc1)NC(C)=O. The minimum absolute atomic E-state index is 0.0615. The highest BCUT2D eigenvalue weighted by Crippen LogP contribution is 2.11. The molecule has 0 saturated heterocycles. The number of carbonyl (C=O) groups excluding carboxylic acids is 4. The van der Waals surface area contributed by atoms with E-state index in [9.17, 15) is 23.6 Å². The van der Waals surface area contributed by atoms with Crippen LogP contribution < -0.4 is 10.6 Å². The van der Waals surface area contributed by atoms with Gasteiger partial charge in [-0.15, -0.1) is 0 Å². The van der Waals surface area contributed by atoms with Crippen LogP contribution in [0, 0.1) is 5.82 Å². The lowest BCUT2D eigenvalue weighted by atomic mass is 10.0. The molecule has 1 aromatic rings. The quantitative estimate of drug-likeness (QED) is 0.625. The van der Waals surface area contributed by atoms with E-state index in [0.717, 1.165) is 7.11 Å². The molecular weight excluding hydrogens is 383 g/mol. The van der Waals surface area contributed by atoms with Gasteiger partial charge in [-0.3, -0.25) is 14.4 Å². The largest absolute Gasteiger partial charge is 0.467 e. The molecule has 1 aromatic carbocycles. The monoisotopic (exact) mass is 410 g/mol. The Morgan fingerprint density at radius 1 is 1.03 bits per heavy atom. The van der Waals surface area contributed by atoms with Gasteiger partial charge in [0.25, 0.3) is 0 Å². The molecule has 1 rings (SSSR count). The van der Waals surface area contributed by atoms with Crippen molar-refractivity contribution in [2.75, 3.05) is 7.11 Å². The summed E-state index contributed by atoms with van der Waals surface area (Å²) >= 11 is 0. The average molecular weight is 410 g/mol. The van der Waals surface area contributed by atoms with Crippen LogP contribution in [0.3, 0.4) is 0 Å². The predicted molar refractivity (Wildman–Crippen MR) is 102 cm³/mol. The zero-order chi connectivity index (χ0) is 22.2. The first-order valence-electron chi connectivity index (χ1n) is 9.03. The minimum Gasteiger partial charge on any atom is -0.467 e. The molecule has 0 saturated carbocycles. The van der Waals surface area contributed by atoms with E-state index in [1.807, 2.05) is 0 Å². The fourth-order valence-electron chi connectivity index (χ4n) is 2.47. The Labute approximate surface area is 169 Å². The summed E-state index contributed by atoms with van der Waals surface area (Å²) in [5.41, 5.74) is -0.162. The molecule has 0 aliphatic heterocycles. The molecule has 0 radical (unpaired) electrons. The van der Waals surface area contributed by atoms with Crippen LogP contribution in [0.1, 0.15) is 39.7 Å². The van der Waals surface area contributed by atoms with Gasteiger partial charge in [-0.25, -0.2) is 9.18 Å². The summed E-state index contributed by atoms with van der Waals surface area (Å²) < 4.78 is 22.9. The van der Waals surface area contributed by atoms with Gasteiger partial charge < -0.3 is 20.1 Å². The second kappa shape index (κ2) is 10.5. The number of hydrogen-bond acceptors (Lipinski definition) is 6. The van der Waals surface area contributed by atoms with Crippen molar-refractivity contribution < 1.29 is 33.0 Å². The molecule has 8 nitrogen and oxygen atoms in total. The number of esters is 2. The number of nitrogens with one attached hydrogen (secondary N) is 2. The fourth-order valence-corrected chi connectivity index (χ4v) is 2.47. The number of hydrogen-bond donors (Lipinski definition) is 2. The first kappa shape index (κ1) is 24.1. The minimum atomic E-state index is -1.29. The van der Waals surface area contributed by atoms with Gasteiger partial charge in [-0.1, -0.05) is 12.1 Å². The standard InChI is InChI=1S/C20H27FN2O6/c1-12(24)22-15(10-13-6-8-14(21)9-7-13)18(26)23-16(19(27)28-5)11-17(25)29-20(2,3)4/h6-9,15-16H,10-11H2,1-5H3,(H,22,24)(H,23,26)/t15-,16+/m1/s1. The van der Waals surface area contributed by atoms with E-state index in [1.165, 1.54) is 31.2 Å². The van der Waals surface area contributed by atoms with Crippen molar-refractivity contribution >= 4 is 23.8 Å². The number of benzene rings is 1. The van der Waals surface area contributed by atoms with Gasteiger partial charge in [0.05, 0.1) is 13.5 Å². The lowest BCUT2D eigenvalue weighted by molar-refractivity contribution is -0.159. The molecule has 2 N–H and O–H groups in total.